The molecule has 2 heterocycles. The Kier molecular flexibility index (Phi) is 5.59. The van der Waals surface area contributed by atoms with Crippen molar-refractivity contribution in [2.24, 2.45) is 7.05 Å². The maximum atomic E-state index is 12.8. The number of ether oxygens (including phenoxy) is 1. The lowest BCUT2D eigenvalue weighted by Crippen LogP contribution is -2.40. The van der Waals surface area contributed by atoms with Crippen molar-refractivity contribution in [1.29, 1.82) is 0 Å². The van der Waals surface area contributed by atoms with E-state index in [0.717, 1.165) is 5.69 Å². The SMILES string of the molecule is Cn1nc(C(=O)Nc2cc(Cl)cc(Cl)c2)c2c1CCN(C(=O)OC(C)(C)C)C2. The van der Waals surface area contributed by atoms with Gasteiger partial charge in [-0.15, -0.1) is 0 Å². The highest BCUT2D eigenvalue weighted by molar-refractivity contribution is 6.35. The second kappa shape index (κ2) is 7.64. The fourth-order valence-electron chi connectivity index (χ4n) is 3.07. The van der Waals surface area contributed by atoms with E-state index in [1.807, 2.05) is 20.8 Å². The number of nitrogens with zero attached hydrogens (tertiary/aromatic N) is 3. The lowest BCUT2D eigenvalue weighted by Gasteiger charge is -2.30. The predicted octanol–water partition coefficient (Wildman–Crippen LogP) is 4.27. The highest BCUT2D eigenvalue weighted by atomic mass is 35.5. The van der Waals surface area contributed by atoms with Gasteiger partial charge in [0.15, 0.2) is 5.69 Å². The van der Waals surface area contributed by atoms with Crippen LogP contribution in [0.15, 0.2) is 18.2 Å². The number of aromatic nitrogens is 2. The zero-order valence-corrected chi connectivity index (χ0v) is 17.7. The number of rotatable bonds is 2. The van der Waals surface area contributed by atoms with Crippen molar-refractivity contribution in [2.45, 2.75) is 39.3 Å². The Hall–Kier alpha value is -2.25. The second-order valence-corrected chi connectivity index (χ2v) is 8.53. The molecule has 2 aromatic rings. The molecule has 1 aliphatic rings. The third-order valence-electron chi connectivity index (χ3n) is 4.23. The van der Waals surface area contributed by atoms with Crippen LogP contribution in [0.4, 0.5) is 10.5 Å². The van der Waals surface area contributed by atoms with Crippen molar-refractivity contribution in [3.05, 3.63) is 45.2 Å². The Labute approximate surface area is 173 Å². The minimum atomic E-state index is -0.585. The van der Waals surface area contributed by atoms with Gasteiger partial charge >= 0.3 is 6.09 Å². The fourth-order valence-corrected chi connectivity index (χ4v) is 3.60. The van der Waals surface area contributed by atoms with Gasteiger partial charge in [-0.2, -0.15) is 5.10 Å². The Morgan fingerprint density at radius 3 is 2.43 bits per heavy atom. The second-order valence-electron chi connectivity index (χ2n) is 7.66. The maximum Gasteiger partial charge on any atom is 0.410 e. The minimum absolute atomic E-state index is 0.261. The van der Waals surface area contributed by atoms with Gasteiger partial charge in [-0.3, -0.25) is 9.48 Å². The summed E-state index contributed by atoms with van der Waals surface area (Å²) in [6.45, 7) is 6.22. The standard InChI is InChI=1S/C19H22Cl2N4O3/c1-19(2,3)28-18(27)25-6-5-15-14(10-25)16(23-24(15)4)17(26)22-13-8-11(20)7-12(21)9-13/h7-9H,5-6,10H2,1-4H3,(H,22,26). The van der Waals surface area contributed by atoms with Crippen LogP contribution < -0.4 is 5.32 Å². The Morgan fingerprint density at radius 2 is 1.82 bits per heavy atom. The van der Waals surface area contributed by atoms with Crippen molar-refractivity contribution < 1.29 is 14.3 Å². The van der Waals surface area contributed by atoms with Crippen LogP contribution in [-0.4, -0.2) is 38.8 Å². The fraction of sp³-hybridized carbons (Fsp3) is 0.421. The summed E-state index contributed by atoms with van der Waals surface area (Å²) in [6, 6.07) is 4.79. The van der Waals surface area contributed by atoms with Crippen molar-refractivity contribution in [1.82, 2.24) is 14.7 Å². The molecule has 1 aromatic heterocycles. The number of anilines is 1. The van der Waals surface area contributed by atoms with E-state index in [9.17, 15) is 9.59 Å². The molecule has 0 unspecified atom stereocenters. The molecule has 28 heavy (non-hydrogen) atoms. The van der Waals surface area contributed by atoms with Crippen LogP contribution in [-0.2, 0) is 24.8 Å². The molecule has 0 spiro atoms. The Morgan fingerprint density at radius 1 is 1.18 bits per heavy atom. The van der Waals surface area contributed by atoms with Gasteiger partial charge in [0.2, 0.25) is 0 Å². The first-order valence-electron chi connectivity index (χ1n) is 8.83. The number of benzene rings is 1. The number of fused-ring (bicyclic) bond motifs is 1. The highest BCUT2D eigenvalue weighted by Crippen LogP contribution is 2.26. The molecule has 9 heteroatoms. The average molecular weight is 425 g/mol. The quantitative estimate of drug-likeness (QED) is 0.780. The van der Waals surface area contributed by atoms with Gasteiger partial charge in [-0.25, -0.2) is 4.79 Å². The summed E-state index contributed by atoms with van der Waals surface area (Å²) in [5.74, 6) is -0.388. The van der Waals surface area contributed by atoms with E-state index in [2.05, 4.69) is 10.4 Å². The number of halogens is 2. The van der Waals surface area contributed by atoms with Crippen LogP contribution in [0.5, 0.6) is 0 Å². The van der Waals surface area contributed by atoms with Crippen molar-refractivity contribution in [2.75, 3.05) is 11.9 Å². The number of hydrogen-bond donors (Lipinski definition) is 1. The smallest absolute Gasteiger partial charge is 0.410 e. The number of hydrogen-bond acceptors (Lipinski definition) is 4. The highest BCUT2D eigenvalue weighted by Gasteiger charge is 2.31. The molecular formula is C19H22Cl2N4O3. The molecule has 0 fully saturated rings. The number of carbonyl (C=O) groups is 2. The molecule has 0 radical (unpaired) electrons. The predicted molar refractivity (Wildman–Crippen MR) is 108 cm³/mol. The largest absolute Gasteiger partial charge is 0.444 e. The number of aryl methyl sites for hydroxylation is 1. The third kappa shape index (κ3) is 4.59. The summed E-state index contributed by atoms with van der Waals surface area (Å²) in [4.78, 5) is 26.8. The van der Waals surface area contributed by atoms with E-state index < -0.39 is 11.7 Å². The van der Waals surface area contributed by atoms with E-state index in [1.54, 1.807) is 34.8 Å². The Balaban J connectivity index is 1.83. The zero-order chi connectivity index (χ0) is 20.6. The molecule has 0 saturated carbocycles. The maximum absolute atomic E-state index is 12.8. The first kappa shape index (κ1) is 20.5. The van der Waals surface area contributed by atoms with Crippen molar-refractivity contribution >= 4 is 40.9 Å². The normalized spacial score (nSPS) is 13.9. The lowest BCUT2D eigenvalue weighted by molar-refractivity contribution is 0.0222. The van der Waals surface area contributed by atoms with Crippen LogP contribution in [0.3, 0.4) is 0 Å². The average Bonchev–Trinajstić information content (AvgIpc) is 2.89. The van der Waals surface area contributed by atoms with Gasteiger partial charge in [-0.05, 0) is 39.0 Å². The minimum Gasteiger partial charge on any atom is -0.444 e. The van der Waals surface area contributed by atoms with Gasteiger partial charge in [0.05, 0.1) is 6.54 Å². The van der Waals surface area contributed by atoms with Crippen LogP contribution in [0, 0.1) is 0 Å². The first-order valence-corrected chi connectivity index (χ1v) is 9.59. The van der Waals surface area contributed by atoms with Gasteiger partial charge in [0.1, 0.15) is 5.60 Å². The van der Waals surface area contributed by atoms with Gasteiger partial charge in [0, 0.05) is 47.0 Å². The number of carbonyl (C=O) groups excluding carboxylic acids is 2. The zero-order valence-electron chi connectivity index (χ0n) is 16.2. The summed E-state index contributed by atoms with van der Waals surface area (Å²) in [6.07, 6.45) is 0.184. The third-order valence-corrected chi connectivity index (χ3v) is 4.67. The number of nitrogens with one attached hydrogen (secondary N) is 1. The van der Waals surface area contributed by atoms with E-state index in [-0.39, 0.29) is 18.1 Å². The molecule has 1 N–H and O–H groups in total. The molecule has 0 aliphatic carbocycles. The van der Waals surface area contributed by atoms with Gasteiger partial charge in [0.25, 0.3) is 5.91 Å². The van der Waals surface area contributed by atoms with Crippen LogP contribution >= 0.6 is 23.2 Å². The molecule has 0 bridgehead atoms. The molecule has 3 rings (SSSR count). The molecule has 1 aromatic carbocycles. The van der Waals surface area contributed by atoms with Gasteiger partial charge < -0.3 is 15.0 Å². The van der Waals surface area contributed by atoms with Crippen LogP contribution in [0.2, 0.25) is 10.0 Å². The molecule has 150 valence electrons. The molecule has 1 aliphatic heterocycles. The van der Waals surface area contributed by atoms with E-state index in [1.165, 1.54) is 0 Å². The van der Waals surface area contributed by atoms with E-state index in [0.29, 0.717) is 34.3 Å². The lowest BCUT2D eigenvalue weighted by atomic mass is 10.0. The van der Waals surface area contributed by atoms with E-state index in [4.69, 9.17) is 27.9 Å². The van der Waals surface area contributed by atoms with Crippen LogP contribution in [0.1, 0.15) is 42.5 Å². The summed E-state index contributed by atoms with van der Waals surface area (Å²) in [5.41, 5.74) is 1.79. The summed E-state index contributed by atoms with van der Waals surface area (Å²) in [7, 11) is 1.79. The van der Waals surface area contributed by atoms with Crippen molar-refractivity contribution in [3.63, 3.8) is 0 Å². The van der Waals surface area contributed by atoms with Gasteiger partial charge in [-0.1, -0.05) is 23.2 Å². The van der Waals surface area contributed by atoms with E-state index >= 15 is 0 Å². The first-order chi connectivity index (χ1) is 13.0. The molecule has 2 amide bonds. The molecule has 0 saturated heterocycles. The number of amides is 2. The monoisotopic (exact) mass is 424 g/mol. The van der Waals surface area contributed by atoms with Crippen molar-refractivity contribution in [3.8, 4) is 0 Å². The van der Waals surface area contributed by atoms with Crippen LogP contribution in [0.25, 0.3) is 0 Å². The summed E-state index contributed by atoms with van der Waals surface area (Å²) >= 11 is 12.0. The molecular weight excluding hydrogens is 403 g/mol. The topological polar surface area (TPSA) is 76.5 Å². The Bertz CT molecular complexity index is 914. The molecule has 0 atom stereocenters. The summed E-state index contributed by atoms with van der Waals surface area (Å²) < 4.78 is 7.13. The summed E-state index contributed by atoms with van der Waals surface area (Å²) in [5, 5.41) is 7.97. The molecule has 7 nitrogen and oxygen atoms in total.